The second kappa shape index (κ2) is 7.97. The van der Waals surface area contributed by atoms with Crippen LogP contribution in [0.3, 0.4) is 0 Å². The predicted molar refractivity (Wildman–Crippen MR) is 114 cm³/mol. The van der Waals surface area contributed by atoms with Crippen LogP contribution in [0.2, 0.25) is 0 Å². The van der Waals surface area contributed by atoms with E-state index in [4.69, 9.17) is 10.7 Å². The standard InChI is InChI=1S/C22H32N6/c1-16(2)19-15-26-28-21(19)27-20(25-14-18-9-6-10-24-13-18)12-22(28,23)11-17-7-4-3-5-8-17/h3-5,7-8,12,15-16,18,24-26H,6,9-11,13-14,23H2,1-2H3. The molecular formula is C22H32N6. The maximum Gasteiger partial charge on any atom is 0.156 e. The van der Waals surface area contributed by atoms with Gasteiger partial charge in [0.2, 0.25) is 0 Å². The van der Waals surface area contributed by atoms with Gasteiger partial charge in [0, 0.05) is 30.8 Å². The summed E-state index contributed by atoms with van der Waals surface area (Å²) in [4.78, 5) is 4.93. The molecule has 6 heteroatoms. The van der Waals surface area contributed by atoms with Gasteiger partial charge in [-0.15, -0.1) is 0 Å². The van der Waals surface area contributed by atoms with E-state index in [1.54, 1.807) is 0 Å². The number of hydrogen-bond donors (Lipinski definition) is 4. The molecule has 6 nitrogen and oxygen atoms in total. The molecule has 0 amide bonds. The largest absolute Gasteiger partial charge is 0.370 e. The lowest BCUT2D eigenvalue weighted by Gasteiger charge is -2.41. The third kappa shape index (κ3) is 3.93. The molecule has 1 aromatic carbocycles. The van der Waals surface area contributed by atoms with Crippen molar-refractivity contribution in [2.45, 2.75) is 38.8 Å². The molecule has 3 heterocycles. The Bertz CT molecular complexity index is 775. The van der Waals surface area contributed by atoms with Crippen LogP contribution in [0.15, 0.2) is 59.0 Å². The van der Waals surface area contributed by atoms with Gasteiger partial charge in [-0.1, -0.05) is 44.2 Å². The molecule has 2 atom stereocenters. The summed E-state index contributed by atoms with van der Waals surface area (Å²) in [5.74, 6) is 2.82. The first-order chi connectivity index (χ1) is 13.5. The molecule has 5 N–H and O–H groups in total. The van der Waals surface area contributed by atoms with Gasteiger partial charge in [0.15, 0.2) is 5.84 Å². The van der Waals surface area contributed by atoms with Crippen LogP contribution < -0.4 is 21.8 Å². The zero-order valence-corrected chi connectivity index (χ0v) is 16.9. The molecule has 1 fully saturated rings. The van der Waals surface area contributed by atoms with Crippen molar-refractivity contribution in [1.29, 1.82) is 0 Å². The Morgan fingerprint density at radius 2 is 2.14 bits per heavy atom. The van der Waals surface area contributed by atoms with Crippen molar-refractivity contribution in [2.75, 3.05) is 19.6 Å². The summed E-state index contributed by atoms with van der Waals surface area (Å²) >= 11 is 0. The molecule has 3 aliphatic heterocycles. The number of hydrazine groups is 1. The minimum absolute atomic E-state index is 0.374. The van der Waals surface area contributed by atoms with Crippen LogP contribution in [0, 0.1) is 11.8 Å². The van der Waals surface area contributed by atoms with Crippen molar-refractivity contribution in [2.24, 2.45) is 22.6 Å². The van der Waals surface area contributed by atoms with Crippen LogP contribution in [-0.2, 0) is 6.42 Å². The van der Waals surface area contributed by atoms with Gasteiger partial charge in [-0.2, -0.15) is 0 Å². The number of rotatable bonds is 6. The number of nitrogens with zero attached hydrogens (tertiary/aromatic N) is 2. The summed E-state index contributed by atoms with van der Waals surface area (Å²) in [5, 5.41) is 9.08. The molecule has 150 valence electrons. The molecule has 0 bridgehead atoms. The van der Waals surface area contributed by atoms with E-state index >= 15 is 0 Å². The first-order valence-electron chi connectivity index (χ1n) is 10.4. The predicted octanol–water partition coefficient (Wildman–Crippen LogP) is 2.09. The van der Waals surface area contributed by atoms with Gasteiger partial charge >= 0.3 is 0 Å². The number of piperidine rings is 1. The Kier molecular flexibility index (Phi) is 5.42. The van der Waals surface area contributed by atoms with Gasteiger partial charge in [-0.25, -0.2) is 10.0 Å². The number of fused-ring (bicyclic) bond motifs is 1. The second-order valence-corrected chi connectivity index (χ2v) is 8.43. The molecule has 4 rings (SSSR count). The highest BCUT2D eigenvalue weighted by molar-refractivity contribution is 6.01. The van der Waals surface area contributed by atoms with Gasteiger partial charge in [0.05, 0.1) is 0 Å². The van der Waals surface area contributed by atoms with E-state index in [1.807, 2.05) is 17.3 Å². The van der Waals surface area contributed by atoms with E-state index in [0.717, 1.165) is 31.3 Å². The van der Waals surface area contributed by atoms with E-state index in [-0.39, 0.29) is 0 Å². The number of amidine groups is 1. The van der Waals surface area contributed by atoms with Gasteiger partial charge in [-0.3, -0.25) is 0 Å². The minimum Gasteiger partial charge on any atom is -0.370 e. The summed E-state index contributed by atoms with van der Waals surface area (Å²) in [7, 11) is 0. The maximum absolute atomic E-state index is 6.96. The Balaban J connectivity index is 1.58. The van der Waals surface area contributed by atoms with Crippen molar-refractivity contribution in [3.05, 3.63) is 59.6 Å². The molecule has 1 saturated heterocycles. The summed E-state index contributed by atoms with van der Waals surface area (Å²) < 4.78 is 0. The average Bonchev–Trinajstić information content (AvgIpc) is 3.13. The van der Waals surface area contributed by atoms with Gasteiger partial charge in [0.25, 0.3) is 0 Å². The summed E-state index contributed by atoms with van der Waals surface area (Å²) in [5.41, 5.74) is 12.0. The highest BCUT2D eigenvalue weighted by Gasteiger charge is 2.41. The highest BCUT2D eigenvalue weighted by atomic mass is 15.6. The van der Waals surface area contributed by atoms with Crippen LogP contribution in [0.5, 0.6) is 0 Å². The van der Waals surface area contributed by atoms with Crippen LogP contribution in [0.4, 0.5) is 0 Å². The van der Waals surface area contributed by atoms with Crippen molar-refractivity contribution in [3.63, 3.8) is 0 Å². The van der Waals surface area contributed by atoms with Crippen molar-refractivity contribution >= 4 is 5.84 Å². The quantitative estimate of drug-likeness (QED) is 0.608. The van der Waals surface area contributed by atoms with Gasteiger partial charge in [0.1, 0.15) is 11.5 Å². The molecule has 0 spiro atoms. The first-order valence-corrected chi connectivity index (χ1v) is 10.4. The minimum atomic E-state index is -0.682. The van der Waals surface area contributed by atoms with Crippen molar-refractivity contribution in [1.82, 2.24) is 21.1 Å². The molecule has 3 aliphatic rings. The van der Waals surface area contributed by atoms with E-state index in [2.05, 4.69) is 60.2 Å². The number of benzene rings is 1. The van der Waals surface area contributed by atoms with E-state index < -0.39 is 5.66 Å². The molecule has 0 saturated carbocycles. The summed E-state index contributed by atoms with van der Waals surface area (Å²) in [6.45, 7) is 7.50. The lowest BCUT2D eigenvalue weighted by atomic mass is 9.95. The second-order valence-electron chi connectivity index (χ2n) is 8.43. The monoisotopic (exact) mass is 380 g/mol. The fourth-order valence-corrected chi connectivity index (χ4v) is 4.18. The molecule has 0 aliphatic carbocycles. The zero-order valence-electron chi connectivity index (χ0n) is 16.9. The Morgan fingerprint density at radius 1 is 1.32 bits per heavy atom. The number of hydrogen-bond acceptors (Lipinski definition) is 6. The fourth-order valence-electron chi connectivity index (χ4n) is 4.18. The van der Waals surface area contributed by atoms with Crippen LogP contribution in [0.25, 0.3) is 0 Å². The molecule has 2 unspecified atom stereocenters. The number of aliphatic imine (C=N–C) groups is 1. The fraction of sp³-hybridized carbons (Fsp3) is 0.500. The van der Waals surface area contributed by atoms with E-state index in [0.29, 0.717) is 18.3 Å². The Hall–Kier alpha value is -2.31. The zero-order chi connectivity index (χ0) is 19.6. The molecule has 0 radical (unpaired) electrons. The highest BCUT2D eigenvalue weighted by Crippen LogP contribution is 2.30. The van der Waals surface area contributed by atoms with Crippen LogP contribution in [0.1, 0.15) is 32.3 Å². The average molecular weight is 381 g/mol. The number of nitrogens with two attached hydrogens (primary N) is 1. The van der Waals surface area contributed by atoms with Crippen LogP contribution in [-0.4, -0.2) is 36.1 Å². The van der Waals surface area contributed by atoms with Gasteiger partial charge < -0.3 is 21.8 Å². The van der Waals surface area contributed by atoms with Crippen LogP contribution >= 0.6 is 0 Å². The van der Waals surface area contributed by atoms with Crippen molar-refractivity contribution < 1.29 is 0 Å². The normalized spacial score (nSPS) is 26.9. The van der Waals surface area contributed by atoms with E-state index in [1.165, 1.54) is 24.0 Å². The third-order valence-corrected chi connectivity index (χ3v) is 5.77. The van der Waals surface area contributed by atoms with E-state index in [9.17, 15) is 0 Å². The topological polar surface area (TPSA) is 77.7 Å². The lowest BCUT2D eigenvalue weighted by Crippen LogP contribution is -2.62. The SMILES string of the molecule is CC(C)C1=CNN2C1=NC(NCC1CCCNC1)=CC2(N)Cc1ccccc1. The third-order valence-electron chi connectivity index (χ3n) is 5.77. The van der Waals surface area contributed by atoms with Gasteiger partial charge in [-0.05, 0) is 43.3 Å². The Morgan fingerprint density at radius 3 is 2.86 bits per heavy atom. The molecule has 0 aromatic heterocycles. The van der Waals surface area contributed by atoms with Crippen molar-refractivity contribution in [3.8, 4) is 0 Å². The smallest absolute Gasteiger partial charge is 0.156 e. The maximum atomic E-state index is 6.96. The summed E-state index contributed by atoms with van der Waals surface area (Å²) in [6, 6.07) is 10.4. The molecular weight excluding hydrogens is 348 g/mol. The first kappa shape index (κ1) is 19.0. The molecule has 1 aromatic rings. The molecule has 28 heavy (non-hydrogen) atoms. The number of nitrogens with one attached hydrogen (secondary N) is 3. The summed E-state index contributed by atoms with van der Waals surface area (Å²) in [6.07, 6.45) is 7.32. The Labute approximate surface area is 167 Å². The lowest BCUT2D eigenvalue weighted by molar-refractivity contribution is 0.191.